The van der Waals surface area contributed by atoms with Crippen molar-refractivity contribution in [3.05, 3.63) is 0 Å². The fourth-order valence-electron chi connectivity index (χ4n) is 1.70. The SMILES string of the molecule is CC(C)N(CC(=O)O)C(=O)N1CCS(=O)(=O)CC1. The molecule has 2 amide bonds. The second-order valence-electron chi connectivity index (χ2n) is 4.54. The Hall–Kier alpha value is -1.31. The van der Waals surface area contributed by atoms with Crippen molar-refractivity contribution in [3.63, 3.8) is 0 Å². The molecule has 1 aliphatic rings. The molecule has 0 atom stereocenters. The van der Waals surface area contributed by atoms with Gasteiger partial charge in [-0.25, -0.2) is 13.2 Å². The molecule has 0 aromatic carbocycles. The quantitative estimate of drug-likeness (QED) is 0.760. The molecule has 7 nitrogen and oxygen atoms in total. The van der Waals surface area contributed by atoms with Crippen molar-refractivity contribution in [2.45, 2.75) is 19.9 Å². The summed E-state index contributed by atoms with van der Waals surface area (Å²) in [7, 11) is -3.05. The lowest BCUT2D eigenvalue weighted by atomic mass is 10.3. The van der Waals surface area contributed by atoms with E-state index in [1.54, 1.807) is 13.8 Å². The maximum absolute atomic E-state index is 12.1. The molecule has 1 rings (SSSR count). The van der Waals surface area contributed by atoms with Crippen LogP contribution in [-0.2, 0) is 14.6 Å². The standard InChI is InChI=1S/C10H18N2O5S/c1-8(2)12(7-9(13)14)10(15)11-3-5-18(16,17)6-4-11/h8H,3-7H2,1-2H3,(H,13,14). The molecule has 0 spiro atoms. The number of nitrogens with zero attached hydrogens (tertiary/aromatic N) is 2. The molecule has 0 aromatic heterocycles. The van der Waals surface area contributed by atoms with Crippen molar-refractivity contribution >= 4 is 21.8 Å². The summed E-state index contributed by atoms with van der Waals surface area (Å²) in [6.07, 6.45) is 0. The van der Waals surface area contributed by atoms with Crippen molar-refractivity contribution in [1.29, 1.82) is 0 Å². The molecule has 1 saturated heterocycles. The van der Waals surface area contributed by atoms with E-state index in [0.717, 1.165) is 0 Å². The summed E-state index contributed by atoms with van der Waals surface area (Å²) >= 11 is 0. The van der Waals surface area contributed by atoms with Gasteiger partial charge >= 0.3 is 12.0 Å². The average molecular weight is 278 g/mol. The van der Waals surface area contributed by atoms with Crippen LogP contribution in [0.2, 0.25) is 0 Å². The monoisotopic (exact) mass is 278 g/mol. The molecular formula is C10H18N2O5S. The molecular weight excluding hydrogens is 260 g/mol. The third-order valence-corrected chi connectivity index (χ3v) is 4.40. The first-order chi connectivity index (χ1) is 8.23. The zero-order valence-electron chi connectivity index (χ0n) is 10.5. The highest BCUT2D eigenvalue weighted by molar-refractivity contribution is 7.91. The van der Waals surface area contributed by atoms with Crippen molar-refractivity contribution in [2.75, 3.05) is 31.1 Å². The molecule has 0 aliphatic carbocycles. The zero-order valence-corrected chi connectivity index (χ0v) is 11.3. The summed E-state index contributed by atoms with van der Waals surface area (Å²) in [4.78, 5) is 25.4. The first-order valence-corrected chi connectivity index (χ1v) is 7.53. The Bertz CT molecular complexity index is 418. The molecule has 18 heavy (non-hydrogen) atoms. The first-order valence-electron chi connectivity index (χ1n) is 5.70. The van der Waals surface area contributed by atoms with Crippen molar-refractivity contribution in [2.24, 2.45) is 0 Å². The van der Waals surface area contributed by atoms with Crippen LogP contribution in [-0.4, -0.2) is 72.5 Å². The zero-order chi connectivity index (χ0) is 13.9. The van der Waals surface area contributed by atoms with Gasteiger partial charge in [0.05, 0.1) is 11.5 Å². The lowest BCUT2D eigenvalue weighted by Crippen LogP contribution is -2.52. The molecule has 0 unspecified atom stereocenters. The minimum Gasteiger partial charge on any atom is -0.480 e. The van der Waals surface area contributed by atoms with Crippen LogP contribution in [0.5, 0.6) is 0 Å². The number of carboxylic acids is 1. The van der Waals surface area contributed by atoms with E-state index in [4.69, 9.17) is 5.11 Å². The lowest BCUT2D eigenvalue weighted by Gasteiger charge is -2.34. The van der Waals surface area contributed by atoms with Gasteiger partial charge in [0.1, 0.15) is 6.54 Å². The summed E-state index contributed by atoms with van der Waals surface area (Å²) in [5.74, 6) is -1.20. The molecule has 1 N–H and O–H groups in total. The Balaban J connectivity index is 2.70. The van der Waals surface area contributed by atoms with Gasteiger partial charge in [-0.3, -0.25) is 4.79 Å². The summed E-state index contributed by atoms with van der Waals surface area (Å²) in [6, 6.07) is -0.658. The normalized spacial score (nSPS) is 18.7. The predicted octanol–water partition coefficient (Wildman–Crippen LogP) is -0.368. The number of urea groups is 1. The van der Waals surface area contributed by atoms with Crippen molar-refractivity contribution in [3.8, 4) is 0 Å². The highest BCUT2D eigenvalue weighted by Gasteiger charge is 2.30. The van der Waals surface area contributed by atoms with Gasteiger partial charge < -0.3 is 14.9 Å². The number of hydrogen-bond acceptors (Lipinski definition) is 4. The summed E-state index contributed by atoms with van der Waals surface area (Å²) in [6.45, 7) is 3.33. The molecule has 0 radical (unpaired) electrons. The van der Waals surface area contributed by atoms with E-state index in [0.29, 0.717) is 0 Å². The Morgan fingerprint density at radius 1 is 1.28 bits per heavy atom. The van der Waals surface area contributed by atoms with E-state index in [-0.39, 0.29) is 37.2 Å². The second kappa shape index (κ2) is 5.55. The molecule has 1 fully saturated rings. The van der Waals surface area contributed by atoms with Crippen molar-refractivity contribution in [1.82, 2.24) is 9.80 Å². The van der Waals surface area contributed by atoms with Gasteiger partial charge in [0.2, 0.25) is 0 Å². The maximum Gasteiger partial charge on any atom is 0.323 e. The number of rotatable bonds is 3. The topological polar surface area (TPSA) is 95.0 Å². The summed E-state index contributed by atoms with van der Waals surface area (Å²) < 4.78 is 22.5. The highest BCUT2D eigenvalue weighted by atomic mass is 32.2. The third-order valence-electron chi connectivity index (χ3n) is 2.79. The van der Waals surface area contributed by atoms with Gasteiger partial charge in [-0.05, 0) is 13.8 Å². The van der Waals surface area contributed by atoms with Crippen LogP contribution >= 0.6 is 0 Å². The minimum atomic E-state index is -3.05. The van der Waals surface area contributed by atoms with Gasteiger partial charge in [0.15, 0.2) is 9.84 Å². The van der Waals surface area contributed by atoms with Gasteiger partial charge in [-0.2, -0.15) is 0 Å². The van der Waals surface area contributed by atoms with Crippen LogP contribution in [0.1, 0.15) is 13.8 Å². The maximum atomic E-state index is 12.1. The van der Waals surface area contributed by atoms with Gasteiger partial charge in [-0.15, -0.1) is 0 Å². The van der Waals surface area contributed by atoms with E-state index in [9.17, 15) is 18.0 Å². The number of sulfone groups is 1. The smallest absolute Gasteiger partial charge is 0.323 e. The van der Waals surface area contributed by atoms with Crippen LogP contribution in [0.4, 0.5) is 4.79 Å². The number of aliphatic carboxylic acids is 1. The summed E-state index contributed by atoms with van der Waals surface area (Å²) in [5.41, 5.74) is 0. The lowest BCUT2D eigenvalue weighted by molar-refractivity contribution is -0.138. The first kappa shape index (κ1) is 14.7. The summed E-state index contributed by atoms with van der Waals surface area (Å²) in [5, 5.41) is 8.75. The number of carbonyl (C=O) groups is 2. The molecule has 1 heterocycles. The van der Waals surface area contributed by atoms with Crippen LogP contribution in [0.15, 0.2) is 0 Å². The van der Waals surface area contributed by atoms with Crippen molar-refractivity contribution < 1.29 is 23.1 Å². The number of carbonyl (C=O) groups excluding carboxylic acids is 1. The largest absolute Gasteiger partial charge is 0.480 e. The Morgan fingerprint density at radius 3 is 2.17 bits per heavy atom. The van der Waals surface area contributed by atoms with E-state index in [1.807, 2.05) is 0 Å². The minimum absolute atomic E-state index is 0.0578. The third kappa shape index (κ3) is 3.86. The molecule has 0 saturated carbocycles. The Kier molecular flexibility index (Phi) is 4.55. The Labute approximate surface area is 106 Å². The predicted molar refractivity (Wildman–Crippen MR) is 65.1 cm³/mol. The second-order valence-corrected chi connectivity index (χ2v) is 6.84. The number of carboxylic acid groups (broad SMARTS) is 1. The molecule has 104 valence electrons. The van der Waals surface area contributed by atoms with Crippen LogP contribution in [0.25, 0.3) is 0 Å². The number of amides is 2. The Morgan fingerprint density at radius 2 is 1.78 bits per heavy atom. The molecule has 1 aliphatic heterocycles. The van der Waals surface area contributed by atoms with E-state index in [1.165, 1.54) is 9.80 Å². The highest BCUT2D eigenvalue weighted by Crippen LogP contribution is 2.09. The van der Waals surface area contributed by atoms with E-state index < -0.39 is 21.8 Å². The fraction of sp³-hybridized carbons (Fsp3) is 0.800. The van der Waals surface area contributed by atoms with E-state index >= 15 is 0 Å². The molecule has 8 heteroatoms. The fourth-order valence-corrected chi connectivity index (χ4v) is 2.90. The van der Waals surface area contributed by atoms with Crippen LogP contribution in [0.3, 0.4) is 0 Å². The van der Waals surface area contributed by atoms with Gasteiger partial charge in [0.25, 0.3) is 0 Å². The molecule has 0 bridgehead atoms. The van der Waals surface area contributed by atoms with Crippen LogP contribution in [0, 0.1) is 0 Å². The van der Waals surface area contributed by atoms with Gasteiger partial charge in [0, 0.05) is 19.1 Å². The van der Waals surface area contributed by atoms with Gasteiger partial charge in [-0.1, -0.05) is 0 Å². The van der Waals surface area contributed by atoms with E-state index in [2.05, 4.69) is 0 Å². The molecule has 0 aromatic rings. The average Bonchev–Trinajstić information content (AvgIpc) is 2.24. The number of hydrogen-bond donors (Lipinski definition) is 1. The van der Waals surface area contributed by atoms with Crippen LogP contribution < -0.4 is 0 Å².